The summed E-state index contributed by atoms with van der Waals surface area (Å²) in [6, 6.07) is 4.51. The Bertz CT molecular complexity index is 350. The van der Waals surface area contributed by atoms with Gasteiger partial charge in [0.15, 0.2) is 0 Å². The highest BCUT2D eigenvalue weighted by atomic mass is 16.5. The van der Waals surface area contributed by atoms with Gasteiger partial charge in [-0.05, 0) is 32.4 Å². The third kappa shape index (κ3) is 4.73. The van der Waals surface area contributed by atoms with Gasteiger partial charge in [0.25, 0.3) is 0 Å². The zero-order valence-electron chi connectivity index (χ0n) is 11.6. The van der Waals surface area contributed by atoms with Crippen molar-refractivity contribution in [2.24, 2.45) is 0 Å². The van der Waals surface area contributed by atoms with Gasteiger partial charge < -0.3 is 10.1 Å². The van der Waals surface area contributed by atoms with Crippen LogP contribution in [0.4, 0.5) is 0 Å². The van der Waals surface area contributed by atoms with Crippen LogP contribution in [0, 0.1) is 6.92 Å². The standard InChI is InChI=1S/C14H24N2O/c1-6-13-14(8-7-11(4)16-13)17-12(5)9-15-10(2)3/h7-8,10,12,15H,6,9H2,1-5H3. The van der Waals surface area contributed by atoms with E-state index in [1.54, 1.807) is 0 Å². The lowest BCUT2D eigenvalue weighted by molar-refractivity contribution is 0.210. The highest BCUT2D eigenvalue weighted by Crippen LogP contribution is 2.18. The fourth-order valence-corrected chi connectivity index (χ4v) is 1.62. The maximum absolute atomic E-state index is 5.92. The summed E-state index contributed by atoms with van der Waals surface area (Å²) < 4.78 is 5.92. The number of ether oxygens (including phenoxy) is 1. The molecule has 0 saturated carbocycles. The van der Waals surface area contributed by atoms with Crippen LogP contribution in [0.15, 0.2) is 12.1 Å². The minimum absolute atomic E-state index is 0.159. The van der Waals surface area contributed by atoms with Crippen molar-refractivity contribution in [3.63, 3.8) is 0 Å². The minimum Gasteiger partial charge on any atom is -0.487 e. The molecule has 0 amide bonds. The summed E-state index contributed by atoms with van der Waals surface area (Å²) in [6.07, 6.45) is 1.06. The second kappa shape index (κ2) is 6.60. The summed E-state index contributed by atoms with van der Waals surface area (Å²) in [5, 5.41) is 3.37. The predicted octanol–water partition coefficient (Wildman–Crippen LogP) is 2.72. The second-order valence-corrected chi connectivity index (χ2v) is 4.74. The van der Waals surface area contributed by atoms with Crippen molar-refractivity contribution in [3.8, 4) is 5.75 Å². The highest BCUT2D eigenvalue weighted by molar-refractivity contribution is 5.29. The first-order valence-electron chi connectivity index (χ1n) is 6.39. The second-order valence-electron chi connectivity index (χ2n) is 4.74. The molecule has 0 saturated heterocycles. The Hall–Kier alpha value is -1.09. The van der Waals surface area contributed by atoms with E-state index in [1.165, 1.54) is 0 Å². The van der Waals surface area contributed by atoms with Crippen LogP contribution in [-0.4, -0.2) is 23.7 Å². The van der Waals surface area contributed by atoms with E-state index in [4.69, 9.17) is 4.74 Å². The van der Waals surface area contributed by atoms with Gasteiger partial charge in [0.1, 0.15) is 11.9 Å². The van der Waals surface area contributed by atoms with Gasteiger partial charge in [0, 0.05) is 18.3 Å². The van der Waals surface area contributed by atoms with E-state index >= 15 is 0 Å². The van der Waals surface area contributed by atoms with E-state index in [-0.39, 0.29) is 6.10 Å². The molecular weight excluding hydrogens is 212 g/mol. The number of rotatable bonds is 6. The molecule has 1 unspecified atom stereocenters. The average Bonchev–Trinajstić information content (AvgIpc) is 2.28. The molecule has 0 aromatic carbocycles. The minimum atomic E-state index is 0.159. The quantitative estimate of drug-likeness (QED) is 0.824. The summed E-state index contributed by atoms with van der Waals surface area (Å²) in [5.74, 6) is 0.913. The van der Waals surface area contributed by atoms with Crippen molar-refractivity contribution >= 4 is 0 Å². The molecule has 1 heterocycles. The molecular formula is C14H24N2O. The zero-order valence-corrected chi connectivity index (χ0v) is 11.6. The van der Waals surface area contributed by atoms with Gasteiger partial charge >= 0.3 is 0 Å². The van der Waals surface area contributed by atoms with Gasteiger partial charge in [-0.15, -0.1) is 0 Å². The molecule has 0 aliphatic carbocycles. The molecule has 3 nitrogen and oxygen atoms in total. The first-order chi connectivity index (χ1) is 8.02. The van der Waals surface area contributed by atoms with Crippen molar-refractivity contribution in [1.29, 1.82) is 0 Å². The summed E-state index contributed by atoms with van der Waals surface area (Å²) in [5.41, 5.74) is 2.09. The van der Waals surface area contributed by atoms with Crippen LogP contribution in [0.5, 0.6) is 5.75 Å². The van der Waals surface area contributed by atoms with E-state index in [9.17, 15) is 0 Å². The van der Waals surface area contributed by atoms with Crippen LogP contribution in [0.3, 0.4) is 0 Å². The number of nitrogens with one attached hydrogen (secondary N) is 1. The number of pyridine rings is 1. The monoisotopic (exact) mass is 236 g/mol. The van der Waals surface area contributed by atoms with Gasteiger partial charge in [-0.25, -0.2) is 0 Å². The summed E-state index contributed by atoms with van der Waals surface area (Å²) >= 11 is 0. The molecule has 0 fully saturated rings. The van der Waals surface area contributed by atoms with E-state index in [1.807, 2.05) is 19.1 Å². The molecule has 17 heavy (non-hydrogen) atoms. The third-order valence-electron chi connectivity index (χ3n) is 2.55. The molecule has 1 aromatic rings. The first kappa shape index (κ1) is 14.0. The van der Waals surface area contributed by atoms with Gasteiger partial charge in [0.2, 0.25) is 0 Å². The number of aryl methyl sites for hydroxylation is 2. The van der Waals surface area contributed by atoms with Crippen LogP contribution < -0.4 is 10.1 Å². The summed E-state index contributed by atoms with van der Waals surface area (Å²) in [6.45, 7) is 11.3. The lowest BCUT2D eigenvalue weighted by Crippen LogP contribution is -2.33. The molecule has 0 radical (unpaired) electrons. The lowest BCUT2D eigenvalue weighted by Gasteiger charge is -2.18. The van der Waals surface area contributed by atoms with Crippen LogP contribution in [0.25, 0.3) is 0 Å². The van der Waals surface area contributed by atoms with E-state index in [0.717, 1.165) is 30.1 Å². The summed E-state index contributed by atoms with van der Waals surface area (Å²) in [7, 11) is 0. The Morgan fingerprint density at radius 1 is 1.29 bits per heavy atom. The zero-order chi connectivity index (χ0) is 12.8. The Kier molecular flexibility index (Phi) is 5.42. The maximum Gasteiger partial charge on any atom is 0.141 e. The van der Waals surface area contributed by atoms with Crippen LogP contribution in [0.2, 0.25) is 0 Å². The fourth-order valence-electron chi connectivity index (χ4n) is 1.62. The van der Waals surface area contributed by atoms with Crippen molar-refractivity contribution in [3.05, 3.63) is 23.5 Å². The largest absolute Gasteiger partial charge is 0.487 e. The topological polar surface area (TPSA) is 34.1 Å². The van der Waals surface area contributed by atoms with Crippen molar-refractivity contribution in [1.82, 2.24) is 10.3 Å². The SMILES string of the molecule is CCc1nc(C)ccc1OC(C)CNC(C)C. The van der Waals surface area contributed by atoms with E-state index in [2.05, 4.69) is 38.0 Å². The number of hydrogen-bond donors (Lipinski definition) is 1. The lowest BCUT2D eigenvalue weighted by atomic mass is 10.2. The van der Waals surface area contributed by atoms with Crippen molar-refractivity contribution in [2.75, 3.05) is 6.54 Å². The molecule has 1 aromatic heterocycles. The van der Waals surface area contributed by atoms with Crippen LogP contribution in [0.1, 0.15) is 39.1 Å². The van der Waals surface area contributed by atoms with Gasteiger partial charge in [-0.3, -0.25) is 4.98 Å². The molecule has 0 aliphatic rings. The Balaban J connectivity index is 2.61. The highest BCUT2D eigenvalue weighted by Gasteiger charge is 2.09. The van der Waals surface area contributed by atoms with Gasteiger partial charge in [0.05, 0.1) is 5.69 Å². The molecule has 0 bridgehead atoms. The van der Waals surface area contributed by atoms with E-state index < -0.39 is 0 Å². The molecule has 1 atom stereocenters. The Morgan fingerprint density at radius 2 is 2.00 bits per heavy atom. The first-order valence-corrected chi connectivity index (χ1v) is 6.39. The van der Waals surface area contributed by atoms with Crippen molar-refractivity contribution in [2.45, 2.75) is 53.2 Å². The Labute approximate surface area is 105 Å². The van der Waals surface area contributed by atoms with E-state index in [0.29, 0.717) is 6.04 Å². The molecule has 1 N–H and O–H groups in total. The maximum atomic E-state index is 5.92. The van der Waals surface area contributed by atoms with Crippen molar-refractivity contribution < 1.29 is 4.74 Å². The molecule has 1 rings (SSSR count). The van der Waals surface area contributed by atoms with Crippen LogP contribution >= 0.6 is 0 Å². The smallest absolute Gasteiger partial charge is 0.141 e. The fraction of sp³-hybridized carbons (Fsp3) is 0.643. The molecule has 96 valence electrons. The summed E-state index contributed by atoms with van der Waals surface area (Å²) in [4.78, 5) is 4.49. The molecule has 0 aliphatic heterocycles. The number of nitrogens with zero attached hydrogens (tertiary/aromatic N) is 1. The van der Waals surface area contributed by atoms with Crippen LogP contribution in [-0.2, 0) is 6.42 Å². The predicted molar refractivity (Wildman–Crippen MR) is 71.6 cm³/mol. The Morgan fingerprint density at radius 3 is 2.59 bits per heavy atom. The normalized spacial score (nSPS) is 12.8. The third-order valence-corrected chi connectivity index (χ3v) is 2.55. The molecule has 0 spiro atoms. The van der Waals surface area contributed by atoms with Gasteiger partial charge in [-0.1, -0.05) is 20.8 Å². The average molecular weight is 236 g/mol. The van der Waals surface area contributed by atoms with Gasteiger partial charge in [-0.2, -0.15) is 0 Å². The number of aromatic nitrogens is 1. The molecule has 3 heteroatoms. The number of hydrogen-bond acceptors (Lipinski definition) is 3.